The Morgan fingerprint density at radius 1 is 1.41 bits per heavy atom. The lowest BCUT2D eigenvalue weighted by Crippen LogP contribution is -2.40. The third-order valence-electron chi connectivity index (χ3n) is 3.42. The molecular formula is C13H21N3O. The molecule has 0 spiro atoms. The van der Waals surface area contributed by atoms with Gasteiger partial charge >= 0.3 is 0 Å². The van der Waals surface area contributed by atoms with Crippen molar-refractivity contribution >= 4 is 5.82 Å². The van der Waals surface area contributed by atoms with E-state index in [-0.39, 0.29) is 6.10 Å². The zero-order valence-electron chi connectivity index (χ0n) is 10.8. The van der Waals surface area contributed by atoms with Gasteiger partial charge in [0.05, 0.1) is 6.10 Å². The van der Waals surface area contributed by atoms with Crippen LogP contribution in [0.15, 0.2) is 6.07 Å². The number of aromatic nitrogens is 2. The number of piperidine rings is 1. The molecule has 1 aliphatic heterocycles. The maximum absolute atomic E-state index is 9.69. The van der Waals surface area contributed by atoms with Crippen molar-refractivity contribution in [3.05, 3.63) is 17.6 Å². The van der Waals surface area contributed by atoms with Gasteiger partial charge in [-0.25, -0.2) is 9.97 Å². The van der Waals surface area contributed by atoms with Crippen LogP contribution in [-0.4, -0.2) is 34.3 Å². The highest BCUT2D eigenvalue weighted by molar-refractivity contribution is 5.40. The van der Waals surface area contributed by atoms with Gasteiger partial charge in [0.2, 0.25) is 0 Å². The number of nitrogens with zero attached hydrogens (tertiary/aromatic N) is 3. The fourth-order valence-corrected chi connectivity index (χ4v) is 2.47. The van der Waals surface area contributed by atoms with Crippen LogP contribution in [-0.2, 0) is 0 Å². The second-order valence-corrected chi connectivity index (χ2v) is 5.00. The smallest absolute Gasteiger partial charge is 0.132 e. The molecule has 0 bridgehead atoms. The molecule has 1 fully saturated rings. The summed E-state index contributed by atoms with van der Waals surface area (Å²) in [4.78, 5) is 11.0. The number of aliphatic hydroxyl groups excluding tert-OH is 1. The first-order valence-corrected chi connectivity index (χ1v) is 6.31. The van der Waals surface area contributed by atoms with E-state index < -0.39 is 0 Å². The van der Waals surface area contributed by atoms with Gasteiger partial charge in [-0.3, -0.25) is 0 Å². The van der Waals surface area contributed by atoms with Crippen LogP contribution in [0.3, 0.4) is 0 Å². The predicted octanol–water partition coefficient (Wildman–Crippen LogP) is 1.69. The van der Waals surface area contributed by atoms with Gasteiger partial charge in [0.1, 0.15) is 11.6 Å². The van der Waals surface area contributed by atoms with Gasteiger partial charge in [0.25, 0.3) is 0 Å². The number of aliphatic hydroxyl groups is 1. The van der Waals surface area contributed by atoms with E-state index in [1.54, 1.807) is 0 Å². The minimum absolute atomic E-state index is 0.234. The average molecular weight is 235 g/mol. The van der Waals surface area contributed by atoms with Crippen molar-refractivity contribution < 1.29 is 5.11 Å². The standard InChI is InChI=1S/C13H21N3O/c1-9-7-13(15-11(3)14-9)16-6-4-5-12(8-16)10(2)17/h7,10,12,17H,4-6,8H2,1-3H3. The number of anilines is 1. The molecule has 1 N–H and O–H groups in total. The van der Waals surface area contributed by atoms with Crippen molar-refractivity contribution in [3.8, 4) is 0 Å². The Hall–Kier alpha value is -1.16. The van der Waals surface area contributed by atoms with Gasteiger partial charge in [-0.05, 0) is 33.6 Å². The third kappa shape index (κ3) is 2.94. The lowest BCUT2D eigenvalue weighted by molar-refractivity contribution is 0.115. The van der Waals surface area contributed by atoms with E-state index >= 15 is 0 Å². The van der Waals surface area contributed by atoms with E-state index in [9.17, 15) is 5.11 Å². The van der Waals surface area contributed by atoms with E-state index in [0.717, 1.165) is 43.3 Å². The molecule has 0 aliphatic carbocycles. The molecule has 4 heteroatoms. The molecule has 0 aromatic carbocycles. The maximum Gasteiger partial charge on any atom is 0.132 e. The molecular weight excluding hydrogens is 214 g/mol. The predicted molar refractivity (Wildman–Crippen MR) is 68.1 cm³/mol. The monoisotopic (exact) mass is 235 g/mol. The van der Waals surface area contributed by atoms with Crippen molar-refractivity contribution in [2.75, 3.05) is 18.0 Å². The first-order chi connectivity index (χ1) is 8.06. The van der Waals surface area contributed by atoms with Gasteiger partial charge in [-0.1, -0.05) is 0 Å². The first kappa shape index (κ1) is 12.3. The lowest BCUT2D eigenvalue weighted by atomic mass is 9.93. The van der Waals surface area contributed by atoms with Crippen molar-refractivity contribution in [2.45, 2.75) is 39.7 Å². The number of rotatable bonds is 2. The topological polar surface area (TPSA) is 49.2 Å². The van der Waals surface area contributed by atoms with Crippen LogP contribution in [0.4, 0.5) is 5.82 Å². The van der Waals surface area contributed by atoms with E-state index in [1.807, 2.05) is 26.8 Å². The molecule has 0 radical (unpaired) electrons. The molecule has 1 aromatic rings. The molecule has 0 amide bonds. The first-order valence-electron chi connectivity index (χ1n) is 6.31. The number of hydrogen-bond donors (Lipinski definition) is 1. The van der Waals surface area contributed by atoms with Crippen molar-refractivity contribution in [1.82, 2.24) is 9.97 Å². The summed E-state index contributed by atoms with van der Waals surface area (Å²) in [6.45, 7) is 7.72. The Balaban J connectivity index is 2.16. The average Bonchev–Trinajstić information content (AvgIpc) is 2.28. The maximum atomic E-state index is 9.69. The van der Waals surface area contributed by atoms with Gasteiger partial charge in [-0.2, -0.15) is 0 Å². The Labute approximate surface area is 103 Å². The molecule has 1 aromatic heterocycles. The summed E-state index contributed by atoms with van der Waals surface area (Å²) in [6.07, 6.45) is 2.00. The summed E-state index contributed by atoms with van der Waals surface area (Å²) in [5.74, 6) is 2.18. The second kappa shape index (κ2) is 5.00. The molecule has 2 heterocycles. The fourth-order valence-electron chi connectivity index (χ4n) is 2.47. The number of hydrogen-bond acceptors (Lipinski definition) is 4. The van der Waals surface area contributed by atoms with Crippen LogP contribution in [0.25, 0.3) is 0 Å². The van der Waals surface area contributed by atoms with Crippen LogP contribution in [0.5, 0.6) is 0 Å². The van der Waals surface area contributed by atoms with Gasteiger partial charge in [0.15, 0.2) is 0 Å². The van der Waals surface area contributed by atoms with E-state index in [1.165, 1.54) is 0 Å². The zero-order valence-corrected chi connectivity index (χ0v) is 10.8. The highest BCUT2D eigenvalue weighted by Crippen LogP contribution is 2.24. The van der Waals surface area contributed by atoms with E-state index in [4.69, 9.17) is 0 Å². The van der Waals surface area contributed by atoms with Crippen LogP contribution < -0.4 is 4.90 Å². The molecule has 1 aliphatic rings. The SMILES string of the molecule is Cc1cc(N2CCCC(C(C)O)C2)nc(C)n1. The van der Waals surface area contributed by atoms with Gasteiger partial charge < -0.3 is 10.0 Å². The van der Waals surface area contributed by atoms with Gasteiger partial charge in [-0.15, -0.1) is 0 Å². The molecule has 94 valence electrons. The Kier molecular flexibility index (Phi) is 3.62. The summed E-state index contributed by atoms with van der Waals surface area (Å²) in [5.41, 5.74) is 1.01. The number of aryl methyl sites for hydroxylation is 2. The molecule has 2 atom stereocenters. The van der Waals surface area contributed by atoms with Crippen molar-refractivity contribution in [3.63, 3.8) is 0 Å². The summed E-state index contributed by atoms with van der Waals surface area (Å²) >= 11 is 0. The summed E-state index contributed by atoms with van der Waals surface area (Å²) in [6, 6.07) is 2.03. The Bertz CT molecular complexity index is 372. The lowest BCUT2D eigenvalue weighted by Gasteiger charge is -2.35. The van der Waals surface area contributed by atoms with Gasteiger partial charge in [0, 0.05) is 30.8 Å². The molecule has 1 saturated heterocycles. The normalized spacial score (nSPS) is 22.6. The summed E-state index contributed by atoms with van der Waals surface area (Å²) in [7, 11) is 0. The molecule has 2 rings (SSSR count). The molecule has 17 heavy (non-hydrogen) atoms. The van der Waals surface area contributed by atoms with Crippen LogP contribution in [0, 0.1) is 19.8 Å². The Morgan fingerprint density at radius 2 is 2.18 bits per heavy atom. The third-order valence-corrected chi connectivity index (χ3v) is 3.42. The van der Waals surface area contributed by atoms with E-state index in [2.05, 4.69) is 14.9 Å². The highest BCUT2D eigenvalue weighted by Gasteiger charge is 2.24. The van der Waals surface area contributed by atoms with E-state index in [0.29, 0.717) is 5.92 Å². The molecule has 0 saturated carbocycles. The quantitative estimate of drug-likeness (QED) is 0.847. The van der Waals surface area contributed by atoms with Crippen LogP contribution in [0.1, 0.15) is 31.3 Å². The minimum atomic E-state index is -0.234. The second-order valence-electron chi connectivity index (χ2n) is 5.00. The zero-order chi connectivity index (χ0) is 12.4. The Morgan fingerprint density at radius 3 is 2.82 bits per heavy atom. The molecule has 2 unspecified atom stereocenters. The minimum Gasteiger partial charge on any atom is -0.393 e. The summed E-state index contributed by atoms with van der Waals surface area (Å²) in [5, 5.41) is 9.69. The highest BCUT2D eigenvalue weighted by atomic mass is 16.3. The molecule has 4 nitrogen and oxygen atoms in total. The van der Waals surface area contributed by atoms with Crippen molar-refractivity contribution in [1.29, 1.82) is 0 Å². The van der Waals surface area contributed by atoms with Crippen molar-refractivity contribution in [2.24, 2.45) is 5.92 Å². The summed E-state index contributed by atoms with van der Waals surface area (Å²) < 4.78 is 0. The van der Waals surface area contributed by atoms with Crippen LogP contribution >= 0.6 is 0 Å². The fraction of sp³-hybridized carbons (Fsp3) is 0.692. The largest absolute Gasteiger partial charge is 0.393 e. The van der Waals surface area contributed by atoms with Crippen LogP contribution in [0.2, 0.25) is 0 Å².